The number of carbonyl (C=O) groups is 1. The van der Waals surface area contributed by atoms with E-state index in [1.165, 1.54) is 18.4 Å². The molecule has 1 nitrogen and oxygen atoms in total. The Labute approximate surface area is 93.3 Å². The van der Waals surface area contributed by atoms with Crippen LogP contribution in [-0.2, 0) is 4.79 Å². The van der Waals surface area contributed by atoms with Gasteiger partial charge in [-0.3, -0.25) is 4.79 Å². The van der Waals surface area contributed by atoms with Gasteiger partial charge < -0.3 is 0 Å². The quantitative estimate of drug-likeness (QED) is 0.505. The van der Waals surface area contributed by atoms with E-state index in [1.807, 2.05) is 6.92 Å². The standard InChI is InChI=1S/C14H22O/c1-5-12(15)8-9-13-11(2)7-6-10-14(13,3)4/h7-9,13H,5-6,10H2,1-4H3/t13-/m1/s1. The second kappa shape index (κ2) is 4.78. The lowest BCUT2D eigenvalue weighted by atomic mass is 9.68. The molecule has 1 rings (SSSR count). The summed E-state index contributed by atoms with van der Waals surface area (Å²) in [6.07, 6.45) is 9.14. The highest BCUT2D eigenvalue weighted by Crippen LogP contribution is 2.41. The largest absolute Gasteiger partial charge is 0.295 e. The normalized spacial score (nSPS) is 25.3. The van der Waals surface area contributed by atoms with E-state index < -0.39 is 0 Å². The van der Waals surface area contributed by atoms with Crippen LogP contribution in [0.2, 0.25) is 0 Å². The van der Waals surface area contributed by atoms with Crippen molar-refractivity contribution in [3.05, 3.63) is 23.8 Å². The summed E-state index contributed by atoms with van der Waals surface area (Å²) in [5.74, 6) is 0.658. The minimum absolute atomic E-state index is 0.226. The molecule has 84 valence electrons. The first-order chi connectivity index (χ1) is 6.97. The van der Waals surface area contributed by atoms with Crippen molar-refractivity contribution in [2.24, 2.45) is 11.3 Å². The number of rotatable bonds is 3. The van der Waals surface area contributed by atoms with Gasteiger partial charge in [0.05, 0.1) is 0 Å². The van der Waals surface area contributed by atoms with Crippen LogP contribution in [0.4, 0.5) is 0 Å². The third-order valence-corrected chi connectivity index (χ3v) is 3.41. The first-order valence-electron chi connectivity index (χ1n) is 5.85. The molecule has 0 spiro atoms. The van der Waals surface area contributed by atoms with Gasteiger partial charge >= 0.3 is 0 Å². The Hall–Kier alpha value is -0.850. The molecule has 0 aromatic rings. The molecule has 0 bridgehead atoms. The molecule has 0 aromatic carbocycles. The fraction of sp³-hybridized carbons (Fsp3) is 0.643. The van der Waals surface area contributed by atoms with Crippen molar-refractivity contribution in [2.45, 2.75) is 47.0 Å². The van der Waals surface area contributed by atoms with Gasteiger partial charge in [0.2, 0.25) is 0 Å². The van der Waals surface area contributed by atoms with Crippen LogP contribution in [-0.4, -0.2) is 5.78 Å². The Morgan fingerprint density at radius 2 is 2.27 bits per heavy atom. The second-order valence-corrected chi connectivity index (χ2v) is 5.13. The Bertz CT molecular complexity index is 294. The highest BCUT2D eigenvalue weighted by molar-refractivity contribution is 5.89. The molecule has 0 N–H and O–H groups in total. The van der Waals surface area contributed by atoms with E-state index in [-0.39, 0.29) is 5.78 Å². The number of ketones is 1. The fourth-order valence-corrected chi connectivity index (χ4v) is 2.30. The van der Waals surface area contributed by atoms with E-state index in [0.29, 0.717) is 17.8 Å². The molecule has 0 heterocycles. The average molecular weight is 206 g/mol. The van der Waals surface area contributed by atoms with Crippen LogP contribution in [0.5, 0.6) is 0 Å². The van der Waals surface area contributed by atoms with E-state index in [1.54, 1.807) is 6.08 Å². The van der Waals surface area contributed by atoms with Crippen molar-refractivity contribution in [3.8, 4) is 0 Å². The van der Waals surface area contributed by atoms with Crippen molar-refractivity contribution >= 4 is 5.78 Å². The van der Waals surface area contributed by atoms with Gasteiger partial charge in [0, 0.05) is 12.3 Å². The van der Waals surface area contributed by atoms with Crippen LogP contribution in [0.3, 0.4) is 0 Å². The Kier molecular flexibility index (Phi) is 3.90. The zero-order valence-corrected chi connectivity index (χ0v) is 10.3. The molecule has 1 aliphatic carbocycles. The van der Waals surface area contributed by atoms with Crippen molar-refractivity contribution in [2.75, 3.05) is 0 Å². The highest BCUT2D eigenvalue weighted by Gasteiger charge is 2.30. The van der Waals surface area contributed by atoms with E-state index in [2.05, 4.69) is 32.9 Å². The minimum Gasteiger partial charge on any atom is -0.295 e. The van der Waals surface area contributed by atoms with Gasteiger partial charge in [-0.25, -0.2) is 0 Å². The lowest BCUT2D eigenvalue weighted by Gasteiger charge is -2.36. The van der Waals surface area contributed by atoms with Gasteiger partial charge in [-0.05, 0) is 31.3 Å². The maximum Gasteiger partial charge on any atom is 0.155 e. The third kappa shape index (κ3) is 3.05. The molecule has 0 aliphatic heterocycles. The van der Waals surface area contributed by atoms with Crippen LogP contribution in [0.25, 0.3) is 0 Å². The van der Waals surface area contributed by atoms with Crippen LogP contribution in [0.1, 0.15) is 47.0 Å². The maximum absolute atomic E-state index is 11.3. The summed E-state index contributed by atoms with van der Waals surface area (Å²) in [5, 5.41) is 0. The Morgan fingerprint density at radius 3 is 2.80 bits per heavy atom. The minimum atomic E-state index is 0.226. The van der Waals surface area contributed by atoms with Crippen molar-refractivity contribution in [1.29, 1.82) is 0 Å². The zero-order chi connectivity index (χ0) is 11.5. The summed E-state index contributed by atoms with van der Waals surface area (Å²) in [6.45, 7) is 8.65. The molecule has 1 heteroatoms. The molecular formula is C14H22O. The van der Waals surface area contributed by atoms with E-state index in [0.717, 1.165) is 0 Å². The molecule has 0 fully saturated rings. The Balaban J connectivity index is 2.81. The lowest BCUT2D eigenvalue weighted by molar-refractivity contribution is -0.114. The van der Waals surface area contributed by atoms with Crippen LogP contribution in [0.15, 0.2) is 23.8 Å². The fourth-order valence-electron chi connectivity index (χ4n) is 2.30. The molecule has 1 atom stereocenters. The summed E-state index contributed by atoms with van der Waals surface area (Å²) in [7, 11) is 0. The molecule has 0 saturated heterocycles. The van der Waals surface area contributed by atoms with Crippen molar-refractivity contribution in [1.82, 2.24) is 0 Å². The average Bonchev–Trinajstić information content (AvgIpc) is 2.15. The van der Waals surface area contributed by atoms with Gasteiger partial charge in [-0.1, -0.05) is 38.5 Å². The number of allylic oxidation sites excluding steroid dienone is 4. The van der Waals surface area contributed by atoms with Crippen molar-refractivity contribution < 1.29 is 4.79 Å². The molecule has 0 amide bonds. The summed E-state index contributed by atoms with van der Waals surface area (Å²) >= 11 is 0. The van der Waals surface area contributed by atoms with Gasteiger partial charge in [-0.15, -0.1) is 0 Å². The summed E-state index contributed by atoms with van der Waals surface area (Å²) in [6, 6.07) is 0. The molecular weight excluding hydrogens is 184 g/mol. The van der Waals surface area contributed by atoms with E-state index >= 15 is 0 Å². The first-order valence-corrected chi connectivity index (χ1v) is 5.85. The smallest absolute Gasteiger partial charge is 0.155 e. The summed E-state index contributed by atoms with van der Waals surface area (Å²) < 4.78 is 0. The predicted octanol–water partition coefficient (Wildman–Crippen LogP) is 3.90. The van der Waals surface area contributed by atoms with Gasteiger partial charge in [0.1, 0.15) is 0 Å². The summed E-state index contributed by atoms with van der Waals surface area (Å²) in [5.41, 5.74) is 1.70. The number of hydrogen-bond acceptors (Lipinski definition) is 1. The molecule has 15 heavy (non-hydrogen) atoms. The monoisotopic (exact) mass is 206 g/mol. The second-order valence-electron chi connectivity index (χ2n) is 5.13. The van der Waals surface area contributed by atoms with Gasteiger partial charge in [0.15, 0.2) is 5.78 Å². The molecule has 0 radical (unpaired) electrons. The van der Waals surface area contributed by atoms with E-state index in [9.17, 15) is 4.79 Å². The predicted molar refractivity (Wildman–Crippen MR) is 64.7 cm³/mol. The molecule has 1 aliphatic rings. The zero-order valence-electron chi connectivity index (χ0n) is 10.3. The van der Waals surface area contributed by atoms with Gasteiger partial charge in [0.25, 0.3) is 0 Å². The molecule has 0 aromatic heterocycles. The lowest BCUT2D eigenvalue weighted by Crippen LogP contribution is -2.26. The summed E-state index contributed by atoms with van der Waals surface area (Å²) in [4.78, 5) is 11.3. The maximum atomic E-state index is 11.3. The van der Waals surface area contributed by atoms with Crippen LogP contribution < -0.4 is 0 Å². The Morgan fingerprint density at radius 1 is 1.60 bits per heavy atom. The van der Waals surface area contributed by atoms with Crippen molar-refractivity contribution in [3.63, 3.8) is 0 Å². The molecule has 0 saturated carbocycles. The first kappa shape index (κ1) is 12.2. The topological polar surface area (TPSA) is 17.1 Å². The highest BCUT2D eigenvalue weighted by atomic mass is 16.1. The number of hydrogen-bond donors (Lipinski definition) is 0. The van der Waals surface area contributed by atoms with Crippen LogP contribution in [0, 0.1) is 11.3 Å². The number of carbonyl (C=O) groups excluding carboxylic acids is 1. The van der Waals surface area contributed by atoms with E-state index in [4.69, 9.17) is 0 Å². The van der Waals surface area contributed by atoms with Crippen LogP contribution >= 0.6 is 0 Å². The third-order valence-electron chi connectivity index (χ3n) is 3.41. The molecule has 0 unspecified atom stereocenters. The SMILES string of the molecule is CCC(=O)C=C[C@@H]1C(C)=CCCC1(C)C. The van der Waals surface area contributed by atoms with Gasteiger partial charge in [-0.2, -0.15) is 0 Å².